The molecule has 0 amide bonds. The molecule has 17 aromatic carbocycles. The predicted molar refractivity (Wildman–Crippen MR) is 485 cm³/mol. The highest BCUT2D eigenvalue weighted by Gasteiger charge is 2.48. The van der Waals surface area contributed by atoms with Crippen LogP contribution in [0.1, 0.15) is 47.2 Å². The van der Waals surface area contributed by atoms with Gasteiger partial charge in [-0.3, -0.25) is 8.80 Å². The molecular formula is C108H74N4O2P2. The molecule has 2 aliphatic rings. The largest absolute Gasteiger partial charge is 0.309 e. The molecule has 0 bridgehead atoms. The van der Waals surface area contributed by atoms with Gasteiger partial charge in [-0.05, 0) is 185 Å². The summed E-state index contributed by atoms with van der Waals surface area (Å²) in [4.78, 5) is 10.2. The van der Waals surface area contributed by atoms with Gasteiger partial charge in [0.25, 0.3) is 0 Å². The van der Waals surface area contributed by atoms with Gasteiger partial charge in [0.15, 0.2) is 14.3 Å². The number of imidazole rings is 2. The Kier molecular flexibility index (Phi) is 16.0. The van der Waals surface area contributed by atoms with E-state index in [4.69, 9.17) is 9.97 Å². The Morgan fingerprint density at radius 2 is 0.526 bits per heavy atom. The van der Waals surface area contributed by atoms with Crippen LogP contribution in [0.25, 0.3) is 132 Å². The van der Waals surface area contributed by atoms with Gasteiger partial charge in [-0.2, -0.15) is 0 Å². The number of benzene rings is 17. The maximum absolute atomic E-state index is 15.9. The van der Waals surface area contributed by atoms with E-state index in [1.165, 1.54) is 77.2 Å². The van der Waals surface area contributed by atoms with Crippen LogP contribution in [0.15, 0.2) is 413 Å². The molecule has 8 heteroatoms. The molecule has 23 rings (SSSR count). The average molecular weight is 1520 g/mol. The number of nitrogens with zero attached hydrogens (tertiary/aromatic N) is 4. The average Bonchev–Trinajstić information content (AvgIpc) is 0.814. The summed E-state index contributed by atoms with van der Waals surface area (Å²) in [5.74, 6) is 0. The van der Waals surface area contributed by atoms with Crippen molar-refractivity contribution >= 4 is 123 Å². The first-order valence-electron chi connectivity index (χ1n) is 39.7. The summed E-state index contributed by atoms with van der Waals surface area (Å²) in [6, 6.07) is 145. The predicted octanol–water partition coefficient (Wildman–Crippen LogP) is 24.5. The first kappa shape index (κ1) is 68.9. The van der Waals surface area contributed by atoms with Crippen LogP contribution < -0.4 is 31.8 Å². The smallest absolute Gasteiger partial charge is 0.171 e. The molecule has 4 aromatic heterocycles. The fourth-order valence-electron chi connectivity index (χ4n) is 19.2. The fourth-order valence-corrected chi connectivity index (χ4v) is 24.6. The number of hydrogen-bond donors (Lipinski definition) is 0. The molecule has 0 saturated carbocycles. The number of para-hydroxylation sites is 6. The Morgan fingerprint density at radius 1 is 0.233 bits per heavy atom. The van der Waals surface area contributed by atoms with Crippen LogP contribution in [0.2, 0.25) is 0 Å². The van der Waals surface area contributed by atoms with E-state index in [1.807, 2.05) is 121 Å². The Balaban J connectivity index is 0.000000146. The van der Waals surface area contributed by atoms with Crippen LogP contribution in [0.5, 0.6) is 0 Å². The molecule has 0 atom stereocenters. The molecule has 6 nitrogen and oxygen atoms in total. The number of pyridine rings is 2. The van der Waals surface area contributed by atoms with Crippen LogP contribution in [0, 0.1) is 0 Å². The van der Waals surface area contributed by atoms with E-state index in [2.05, 4.69) is 314 Å². The van der Waals surface area contributed by atoms with Crippen molar-refractivity contribution in [2.75, 3.05) is 0 Å². The lowest BCUT2D eigenvalue weighted by Crippen LogP contribution is -2.31. The summed E-state index contributed by atoms with van der Waals surface area (Å²) in [6.07, 6.45) is 0. The van der Waals surface area contributed by atoms with E-state index < -0.39 is 19.7 Å². The molecule has 4 heterocycles. The quantitative estimate of drug-likeness (QED) is 0.0956. The maximum atomic E-state index is 15.9. The minimum atomic E-state index is -3.28. The van der Waals surface area contributed by atoms with Crippen LogP contribution in [0.3, 0.4) is 0 Å². The third-order valence-electron chi connectivity index (χ3n) is 24.8. The zero-order chi connectivity index (χ0) is 77.4. The monoisotopic (exact) mass is 1520 g/mol. The van der Waals surface area contributed by atoms with Gasteiger partial charge in [0.1, 0.15) is 11.3 Å². The van der Waals surface area contributed by atoms with Crippen molar-refractivity contribution in [3.63, 3.8) is 0 Å². The zero-order valence-corrected chi connectivity index (χ0v) is 65.5. The highest BCUT2D eigenvalue weighted by atomic mass is 31.2. The van der Waals surface area contributed by atoms with Crippen molar-refractivity contribution in [3.8, 4) is 55.6 Å². The lowest BCUT2D eigenvalue weighted by atomic mass is 9.67. The van der Waals surface area contributed by atoms with E-state index in [0.717, 1.165) is 120 Å². The molecule has 0 aliphatic heterocycles. The van der Waals surface area contributed by atoms with Gasteiger partial charge < -0.3 is 9.13 Å². The molecule has 0 fully saturated rings. The number of hydrogen-bond acceptors (Lipinski definition) is 4. The van der Waals surface area contributed by atoms with E-state index >= 15 is 9.13 Å². The van der Waals surface area contributed by atoms with Crippen molar-refractivity contribution in [1.82, 2.24) is 18.8 Å². The summed E-state index contributed by atoms with van der Waals surface area (Å²) in [5, 5.41) is 12.1. The molecule has 2 aliphatic carbocycles. The fraction of sp³-hybridized carbons (Fsp3) is 0.0370. The van der Waals surface area contributed by atoms with Crippen molar-refractivity contribution in [1.29, 1.82) is 0 Å². The van der Waals surface area contributed by atoms with Gasteiger partial charge in [-0.1, -0.05) is 341 Å². The number of aromatic nitrogens is 4. The minimum absolute atomic E-state index is 0.277. The molecular weight excluding hydrogens is 1450 g/mol. The van der Waals surface area contributed by atoms with Gasteiger partial charge in [0, 0.05) is 58.8 Å². The molecule has 21 aromatic rings. The Bertz CT molecular complexity index is 7530. The molecule has 0 unspecified atom stereocenters. The summed E-state index contributed by atoms with van der Waals surface area (Å²) in [7, 11) is -6.37. The van der Waals surface area contributed by atoms with Crippen molar-refractivity contribution in [3.05, 3.63) is 446 Å². The van der Waals surface area contributed by atoms with Crippen LogP contribution in [0.4, 0.5) is 0 Å². The molecule has 548 valence electrons. The second-order valence-electron chi connectivity index (χ2n) is 31.3. The highest BCUT2D eigenvalue weighted by Crippen LogP contribution is 2.59. The third kappa shape index (κ3) is 10.5. The van der Waals surface area contributed by atoms with Crippen molar-refractivity contribution < 1.29 is 9.13 Å². The van der Waals surface area contributed by atoms with Crippen LogP contribution in [-0.4, -0.2) is 18.8 Å². The summed E-state index contributed by atoms with van der Waals surface area (Å²) in [5.41, 5.74) is 26.5. The normalized spacial score (nSPS) is 13.3. The molecule has 0 spiro atoms. The lowest BCUT2D eigenvalue weighted by Gasteiger charge is -2.34. The Labute approximate surface area is 672 Å². The molecule has 0 N–H and O–H groups in total. The summed E-state index contributed by atoms with van der Waals surface area (Å²) in [6.45, 7) is 4.60. The molecule has 0 saturated heterocycles. The minimum Gasteiger partial charge on any atom is -0.309 e. The maximum Gasteiger partial charge on any atom is 0.171 e. The Hall–Kier alpha value is -13.9. The standard InChI is InChI=1S/C62H41N2OP.C46H33N2OP/c65-66(48-21-9-3-10-22-48,49-23-11-4-12-24-49)50-35-38-52-51-36-33-45(40-56(51)62(57(52)41-50,46-17-5-1-6-18-46)47-19-7-2-8-20-47)43-31-29-42(30-32-43)44-34-37-54-55(39-44)53-25-13-15-27-59(53)64-60-28-16-14-26-58(60)63-61(54)64;1-46(2)40-28-31(30-22-25-38-39(27-30)37-17-9-11-19-43(37)48-44-20-12-10-18-42(44)47-45(38)48)21-24-35(40)36-26-23-34(29-41(36)46)50(49,32-13-5-3-6-14-32)33-15-7-4-8-16-33/h1-41H;3-29H,1-2H3. The van der Waals surface area contributed by atoms with Gasteiger partial charge in [0.05, 0.1) is 38.5 Å². The SMILES string of the molecule is CC1(C)c2cc(-c3ccc4c(c3)c3ccccc3n3c5ccccc5nc43)ccc2-c2ccc(P(=O)(c3ccccc3)c3ccccc3)cc21.O=P(c1ccccc1)(c1ccccc1)c1ccc2c(c1)C(c1ccccc1)(c1ccccc1)c1cc(-c3ccc(-c4ccc5c(c4)c4ccccc4n4c6ccccc6nc54)cc3)ccc1-2. The zero-order valence-electron chi connectivity index (χ0n) is 63.8. The van der Waals surface area contributed by atoms with E-state index in [-0.39, 0.29) is 5.41 Å². The summed E-state index contributed by atoms with van der Waals surface area (Å²) < 4.78 is 35.8. The van der Waals surface area contributed by atoms with Gasteiger partial charge >= 0.3 is 0 Å². The van der Waals surface area contributed by atoms with E-state index in [0.29, 0.717) is 0 Å². The number of rotatable bonds is 11. The van der Waals surface area contributed by atoms with Crippen LogP contribution >= 0.6 is 14.3 Å². The topological polar surface area (TPSA) is 68.7 Å². The first-order chi connectivity index (χ1) is 57.0. The highest BCUT2D eigenvalue weighted by molar-refractivity contribution is 7.85. The second kappa shape index (κ2) is 26.9. The molecule has 116 heavy (non-hydrogen) atoms. The Morgan fingerprint density at radius 3 is 0.957 bits per heavy atom. The van der Waals surface area contributed by atoms with E-state index in [9.17, 15) is 0 Å². The van der Waals surface area contributed by atoms with Crippen LogP contribution in [-0.2, 0) is 20.0 Å². The van der Waals surface area contributed by atoms with E-state index in [1.54, 1.807) is 0 Å². The second-order valence-corrected chi connectivity index (χ2v) is 36.8. The lowest BCUT2D eigenvalue weighted by molar-refractivity contribution is 0.591. The third-order valence-corrected chi connectivity index (χ3v) is 30.9. The van der Waals surface area contributed by atoms with Gasteiger partial charge in [0.2, 0.25) is 0 Å². The van der Waals surface area contributed by atoms with Crippen molar-refractivity contribution in [2.24, 2.45) is 0 Å². The number of fused-ring (bicyclic) bond motifs is 22. The van der Waals surface area contributed by atoms with Gasteiger partial charge in [-0.25, -0.2) is 9.97 Å². The first-order valence-corrected chi connectivity index (χ1v) is 43.1. The van der Waals surface area contributed by atoms with Crippen molar-refractivity contribution in [2.45, 2.75) is 24.7 Å². The summed E-state index contributed by atoms with van der Waals surface area (Å²) >= 11 is 0. The van der Waals surface area contributed by atoms with Gasteiger partial charge in [-0.15, -0.1) is 0 Å². The molecule has 0 radical (unpaired) electrons.